The van der Waals surface area contributed by atoms with Gasteiger partial charge < -0.3 is 20.8 Å². The summed E-state index contributed by atoms with van der Waals surface area (Å²) in [5, 5.41) is 22.3. The number of alkyl halides is 3. The first-order valence-electron chi connectivity index (χ1n) is 6.61. The summed E-state index contributed by atoms with van der Waals surface area (Å²) in [6.45, 7) is 0.949. The van der Waals surface area contributed by atoms with Gasteiger partial charge in [-0.25, -0.2) is 0 Å². The molecule has 0 saturated heterocycles. The molecule has 0 aromatic heterocycles. The molecule has 9 heteroatoms. The van der Waals surface area contributed by atoms with E-state index in [1.165, 1.54) is 6.92 Å². The van der Waals surface area contributed by atoms with Crippen LogP contribution in [0.15, 0.2) is 0 Å². The maximum Gasteiger partial charge on any atom is 0.471 e. The molecule has 2 atom stereocenters. The van der Waals surface area contributed by atoms with E-state index < -0.39 is 24.2 Å². The van der Waals surface area contributed by atoms with E-state index in [9.17, 15) is 27.9 Å². The number of nitrogens with one attached hydrogen (secondary N) is 2. The number of carbonyl (C=O) groups excluding carboxylic acids is 2. The largest absolute Gasteiger partial charge is 0.471 e. The van der Waals surface area contributed by atoms with Crippen LogP contribution in [-0.2, 0) is 9.59 Å². The first-order chi connectivity index (χ1) is 9.68. The summed E-state index contributed by atoms with van der Waals surface area (Å²) in [4.78, 5) is 21.9. The molecule has 0 heterocycles. The number of aliphatic hydroxyl groups excluding tert-OH is 2. The van der Waals surface area contributed by atoms with Crippen molar-refractivity contribution in [3.8, 4) is 0 Å². The van der Waals surface area contributed by atoms with Gasteiger partial charge >= 0.3 is 12.1 Å². The molecule has 6 nitrogen and oxygen atoms in total. The van der Waals surface area contributed by atoms with Crippen molar-refractivity contribution in [2.45, 2.75) is 50.9 Å². The molecule has 0 unspecified atom stereocenters. The molecule has 0 fully saturated rings. The van der Waals surface area contributed by atoms with E-state index in [0.717, 1.165) is 0 Å². The summed E-state index contributed by atoms with van der Waals surface area (Å²) in [6.07, 6.45) is -4.38. The van der Waals surface area contributed by atoms with Gasteiger partial charge in [-0.05, 0) is 19.8 Å². The molecule has 0 aromatic rings. The second kappa shape index (κ2) is 9.56. The van der Waals surface area contributed by atoms with Gasteiger partial charge in [0.1, 0.15) is 0 Å². The van der Waals surface area contributed by atoms with Crippen LogP contribution >= 0.6 is 0 Å². The fourth-order valence-electron chi connectivity index (χ4n) is 1.49. The average Bonchev–Trinajstić information content (AvgIpc) is 2.38. The molecule has 0 bridgehead atoms. The van der Waals surface area contributed by atoms with Crippen LogP contribution < -0.4 is 10.6 Å². The molecular weight excluding hydrogens is 293 g/mol. The zero-order chi connectivity index (χ0) is 16.5. The molecule has 4 N–H and O–H groups in total. The minimum atomic E-state index is -4.87. The van der Waals surface area contributed by atoms with Crippen molar-refractivity contribution in [1.82, 2.24) is 10.6 Å². The van der Waals surface area contributed by atoms with Gasteiger partial charge in [0.15, 0.2) is 0 Å². The van der Waals surface area contributed by atoms with Crippen molar-refractivity contribution < 1.29 is 33.0 Å². The summed E-state index contributed by atoms with van der Waals surface area (Å²) in [5.41, 5.74) is 0. The number of rotatable bonds is 9. The van der Waals surface area contributed by atoms with Crippen LogP contribution in [0.25, 0.3) is 0 Å². The lowest BCUT2D eigenvalue weighted by Gasteiger charge is -2.18. The zero-order valence-corrected chi connectivity index (χ0v) is 11.7. The number of carbonyl (C=O) groups is 2. The summed E-state index contributed by atoms with van der Waals surface area (Å²) in [5.74, 6) is -2.32. The first-order valence-corrected chi connectivity index (χ1v) is 6.61. The highest BCUT2D eigenvalue weighted by Crippen LogP contribution is 2.14. The lowest BCUT2D eigenvalue weighted by molar-refractivity contribution is -0.173. The topological polar surface area (TPSA) is 98.7 Å². The Morgan fingerprint density at radius 2 is 1.81 bits per heavy atom. The highest BCUT2D eigenvalue weighted by molar-refractivity contribution is 5.81. The molecule has 0 aliphatic carbocycles. The molecule has 0 spiro atoms. The summed E-state index contributed by atoms with van der Waals surface area (Å²) >= 11 is 0. The Bertz CT molecular complexity index is 335. The molecule has 0 saturated carbocycles. The van der Waals surface area contributed by atoms with Gasteiger partial charge in [-0.3, -0.25) is 9.59 Å². The van der Waals surface area contributed by atoms with E-state index in [1.54, 1.807) is 5.32 Å². The van der Waals surface area contributed by atoms with Gasteiger partial charge in [-0.1, -0.05) is 6.42 Å². The molecule has 0 aliphatic heterocycles. The number of hydrogen-bond acceptors (Lipinski definition) is 4. The Balaban J connectivity index is 3.68. The maximum absolute atomic E-state index is 11.8. The first kappa shape index (κ1) is 19.7. The number of halogens is 3. The summed E-state index contributed by atoms with van der Waals surface area (Å²) in [6, 6.07) is -0.733. The maximum atomic E-state index is 11.8. The molecule has 21 heavy (non-hydrogen) atoms. The Hall–Kier alpha value is -1.35. The van der Waals surface area contributed by atoms with E-state index in [0.29, 0.717) is 19.3 Å². The number of hydrogen-bond donors (Lipinski definition) is 4. The third-order valence-electron chi connectivity index (χ3n) is 2.75. The molecule has 0 radical (unpaired) electrons. The molecule has 124 valence electrons. The van der Waals surface area contributed by atoms with Gasteiger partial charge in [0.2, 0.25) is 5.91 Å². The van der Waals surface area contributed by atoms with Crippen molar-refractivity contribution in [3.63, 3.8) is 0 Å². The third kappa shape index (κ3) is 9.24. The van der Waals surface area contributed by atoms with Crippen molar-refractivity contribution in [2.75, 3.05) is 13.2 Å². The van der Waals surface area contributed by atoms with Crippen molar-refractivity contribution in [2.24, 2.45) is 0 Å². The standard InChI is InChI=1S/C12H21F3N2O4/c1-8(19)9(7-18)17-10(20)5-3-2-4-6-16-11(21)12(13,14)15/h8-9,18-19H,2-7H2,1H3,(H,16,21)(H,17,20)/t8-,9-/m1/s1. The van der Waals surface area contributed by atoms with E-state index in [1.807, 2.05) is 0 Å². The second-order valence-corrected chi connectivity index (χ2v) is 4.66. The van der Waals surface area contributed by atoms with Gasteiger partial charge in [-0.2, -0.15) is 13.2 Å². The molecule has 0 aliphatic rings. The van der Waals surface area contributed by atoms with Crippen molar-refractivity contribution in [1.29, 1.82) is 0 Å². The predicted octanol–water partition coefficient (Wildman–Crippen LogP) is 0.0832. The van der Waals surface area contributed by atoms with Crippen LogP contribution in [0, 0.1) is 0 Å². The highest BCUT2D eigenvalue weighted by atomic mass is 19.4. The average molecular weight is 314 g/mol. The van der Waals surface area contributed by atoms with E-state index >= 15 is 0 Å². The molecule has 2 amide bonds. The smallest absolute Gasteiger partial charge is 0.394 e. The van der Waals surface area contributed by atoms with E-state index in [-0.39, 0.29) is 25.5 Å². The monoisotopic (exact) mass is 314 g/mol. The SMILES string of the molecule is C[C@@H](O)[C@@H](CO)NC(=O)CCCCCNC(=O)C(F)(F)F. The van der Waals surface area contributed by atoms with Gasteiger partial charge in [0, 0.05) is 13.0 Å². The molecule has 0 rings (SSSR count). The highest BCUT2D eigenvalue weighted by Gasteiger charge is 2.38. The Morgan fingerprint density at radius 1 is 1.19 bits per heavy atom. The van der Waals surface area contributed by atoms with E-state index in [4.69, 9.17) is 5.11 Å². The van der Waals surface area contributed by atoms with Crippen LogP contribution in [0.4, 0.5) is 13.2 Å². The lowest BCUT2D eigenvalue weighted by atomic mass is 10.1. The van der Waals surface area contributed by atoms with Crippen LogP contribution in [0.3, 0.4) is 0 Å². The lowest BCUT2D eigenvalue weighted by Crippen LogP contribution is -2.44. The fourth-order valence-corrected chi connectivity index (χ4v) is 1.49. The zero-order valence-electron chi connectivity index (χ0n) is 11.7. The second-order valence-electron chi connectivity index (χ2n) is 4.66. The summed E-state index contributed by atoms with van der Waals surface area (Å²) in [7, 11) is 0. The van der Waals surface area contributed by atoms with Crippen LogP contribution in [0.1, 0.15) is 32.6 Å². The number of aliphatic hydroxyl groups is 2. The van der Waals surface area contributed by atoms with Gasteiger partial charge in [0.25, 0.3) is 0 Å². The van der Waals surface area contributed by atoms with Gasteiger partial charge in [0.05, 0.1) is 18.8 Å². The predicted molar refractivity (Wildman–Crippen MR) is 68.2 cm³/mol. The van der Waals surface area contributed by atoms with Crippen LogP contribution in [0.2, 0.25) is 0 Å². The van der Waals surface area contributed by atoms with Crippen LogP contribution in [-0.4, -0.2) is 53.5 Å². The Kier molecular flexibility index (Phi) is 8.95. The van der Waals surface area contributed by atoms with Crippen molar-refractivity contribution in [3.05, 3.63) is 0 Å². The number of amides is 2. The minimum absolute atomic E-state index is 0.104. The third-order valence-corrected chi connectivity index (χ3v) is 2.75. The number of unbranched alkanes of at least 4 members (excludes halogenated alkanes) is 2. The molecular formula is C12H21F3N2O4. The Labute approximate surface area is 120 Å². The summed E-state index contributed by atoms with van der Waals surface area (Å²) < 4.78 is 35.5. The van der Waals surface area contributed by atoms with E-state index in [2.05, 4.69) is 5.32 Å². The normalized spacial score (nSPS) is 14.4. The van der Waals surface area contributed by atoms with Crippen LogP contribution in [0.5, 0.6) is 0 Å². The Morgan fingerprint density at radius 3 is 2.29 bits per heavy atom. The van der Waals surface area contributed by atoms with Crippen molar-refractivity contribution >= 4 is 11.8 Å². The quantitative estimate of drug-likeness (QED) is 0.453. The fraction of sp³-hybridized carbons (Fsp3) is 0.833. The minimum Gasteiger partial charge on any atom is -0.394 e. The van der Waals surface area contributed by atoms with Gasteiger partial charge in [-0.15, -0.1) is 0 Å². The molecule has 0 aromatic carbocycles.